The number of hydrogen-bond acceptors (Lipinski definition) is 8. The van der Waals surface area contributed by atoms with E-state index in [4.69, 9.17) is 4.52 Å². The second kappa shape index (κ2) is 6.05. The van der Waals surface area contributed by atoms with Crippen LogP contribution < -0.4 is 10.5 Å². The van der Waals surface area contributed by atoms with Crippen molar-refractivity contribution in [2.75, 3.05) is 11.4 Å². The predicted molar refractivity (Wildman–Crippen MR) is 101 cm³/mol. The summed E-state index contributed by atoms with van der Waals surface area (Å²) in [5.41, 5.74) is 2.13. The Morgan fingerprint density at radius 2 is 2.23 bits per heavy atom. The van der Waals surface area contributed by atoms with Crippen molar-refractivity contribution in [1.29, 1.82) is 0 Å². The van der Waals surface area contributed by atoms with Crippen LogP contribution in [-0.2, 0) is 6.54 Å². The van der Waals surface area contributed by atoms with Gasteiger partial charge in [0.2, 0.25) is 5.89 Å². The predicted octanol–water partition coefficient (Wildman–Crippen LogP) is 1.28. The topological polar surface area (TPSA) is 107 Å². The number of aromatic nitrogens is 7. The number of hydrogen-bond donors (Lipinski definition) is 0. The molecular formula is C19H15FN8O2. The molecule has 6 rings (SSSR count). The number of aryl methyl sites for hydroxylation is 1. The zero-order chi connectivity index (χ0) is 20.4. The maximum absolute atomic E-state index is 13.4. The number of nitrogens with zero attached hydrogens (tertiary/aromatic N) is 8. The molecule has 2 atom stereocenters. The van der Waals surface area contributed by atoms with Gasteiger partial charge in [0, 0.05) is 36.5 Å². The van der Waals surface area contributed by atoms with Gasteiger partial charge in [-0.3, -0.25) is 9.36 Å². The Kier molecular flexibility index (Phi) is 3.43. The Labute approximate surface area is 168 Å². The van der Waals surface area contributed by atoms with Crippen LogP contribution in [0.15, 0.2) is 51.9 Å². The summed E-state index contributed by atoms with van der Waals surface area (Å²) in [5, 5.41) is 12.3. The third kappa shape index (κ3) is 2.55. The third-order valence-electron chi connectivity index (χ3n) is 5.55. The lowest BCUT2D eigenvalue weighted by molar-refractivity contribution is 0.363. The first-order valence-corrected chi connectivity index (χ1v) is 9.41. The molecule has 5 heterocycles. The van der Waals surface area contributed by atoms with Crippen molar-refractivity contribution in [3.8, 4) is 0 Å². The molecule has 150 valence electrons. The van der Waals surface area contributed by atoms with Gasteiger partial charge in [-0.2, -0.15) is 10.1 Å². The van der Waals surface area contributed by atoms with Crippen molar-refractivity contribution in [3.05, 3.63) is 76.1 Å². The summed E-state index contributed by atoms with van der Waals surface area (Å²) < 4.78 is 21.5. The minimum Gasteiger partial charge on any atom is -0.337 e. The molecular weight excluding hydrogens is 391 g/mol. The quantitative estimate of drug-likeness (QED) is 0.499. The van der Waals surface area contributed by atoms with Crippen molar-refractivity contribution < 1.29 is 8.91 Å². The fourth-order valence-corrected chi connectivity index (χ4v) is 3.99. The minimum atomic E-state index is -0.313. The second-order valence-corrected chi connectivity index (χ2v) is 7.47. The van der Waals surface area contributed by atoms with E-state index in [2.05, 4.69) is 25.3 Å². The van der Waals surface area contributed by atoms with Gasteiger partial charge in [-0.15, -0.1) is 9.73 Å². The van der Waals surface area contributed by atoms with Crippen LogP contribution in [0.2, 0.25) is 0 Å². The number of halogens is 1. The molecule has 1 aliphatic carbocycles. The molecule has 0 N–H and O–H groups in total. The molecule has 4 aromatic rings. The largest absolute Gasteiger partial charge is 0.337 e. The van der Waals surface area contributed by atoms with Gasteiger partial charge in [-0.05, 0) is 18.6 Å². The Morgan fingerprint density at radius 1 is 1.33 bits per heavy atom. The van der Waals surface area contributed by atoms with Crippen LogP contribution in [0.5, 0.6) is 0 Å². The Hall–Kier alpha value is -3.89. The zero-order valence-corrected chi connectivity index (χ0v) is 15.8. The van der Waals surface area contributed by atoms with E-state index in [1.165, 1.54) is 39.4 Å². The third-order valence-corrected chi connectivity index (χ3v) is 5.55. The van der Waals surface area contributed by atoms with Gasteiger partial charge < -0.3 is 9.42 Å². The number of pyridine rings is 1. The van der Waals surface area contributed by atoms with E-state index in [1.54, 1.807) is 6.20 Å². The lowest BCUT2D eigenvalue weighted by Gasteiger charge is -2.16. The van der Waals surface area contributed by atoms with Gasteiger partial charge in [0.05, 0.1) is 12.1 Å². The van der Waals surface area contributed by atoms with Crippen molar-refractivity contribution in [1.82, 2.24) is 34.5 Å². The van der Waals surface area contributed by atoms with Gasteiger partial charge in [0.1, 0.15) is 24.5 Å². The standard InChI is InChI=1S/C19H15FN8O2/c1-10-5-22-28-17(10)19(29)27(9-23-28)8-15-24-18(25-30-15)16-12-6-26(7-13(12)16)14-4-11(20)2-3-21-14/h2-6,9,13,16H,7-8H2,1H3/t13-,16-/m1/s1. The van der Waals surface area contributed by atoms with Crippen LogP contribution in [-0.4, -0.2) is 41.1 Å². The molecule has 4 aromatic heterocycles. The second-order valence-electron chi connectivity index (χ2n) is 7.47. The van der Waals surface area contributed by atoms with Gasteiger partial charge in [-0.25, -0.2) is 9.37 Å². The number of rotatable bonds is 4. The molecule has 30 heavy (non-hydrogen) atoms. The first-order chi connectivity index (χ1) is 14.6. The number of anilines is 1. The van der Waals surface area contributed by atoms with Crippen LogP contribution >= 0.6 is 0 Å². The van der Waals surface area contributed by atoms with Gasteiger partial charge in [0.15, 0.2) is 11.3 Å². The Morgan fingerprint density at radius 3 is 3.03 bits per heavy atom. The van der Waals surface area contributed by atoms with Crippen LogP contribution in [0.3, 0.4) is 0 Å². The SMILES string of the molecule is Cc1cnn2ncn(Cc3nc([C@@H]4C5=CN(c6cc(F)ccn6)C[C@H]54)no3)c(=O)c12. The highest BCUT2D eigenvalue weighted by atomic mass is 19.1. The summed E-state index contributed by atoms with van der Waals surface area (Å²) >= 11 is 0. The summed E-state index contributed by atoms with van der Waals surface area (Å²) in [4.78, 5) is 23.2. The molecule has 0 bridgehead atoms. The fourth-order valence-electron chi connectivity index (χ4n) is 3.99. The lowest BCUT2D eigenvalue weighted by Crippen LogP contribution is -2.24. The molecule has 11 heteroatoms. The zero-order valence-electron chi connectivity index (χ0n) is 15.8. The lowest BCUT2D eigenvalue weighted by atomic mass is 10.2. The summed E-state index contributed by atoms with van der Waals surface area (Å²) in [6.07, 6.45) is 6.43. The van der Waals surface area contributed by atoms with E-state index in [0.29, 0.717) is 29.6 Å². The van der Waals surface area contributed by atoms with E-state index < -0.39 is 0 Å². The highest BCUT2D eigenvalue weighted by Crippen LogP contribution is 2.56. The molecule has 10 nitrogen and oxygen atoms in total. The van der Waals surface area contributed by atoms with Crippen LogP contribution in [0.1, 0.15) is 23.2 Å². The van der Waals surface area contributed by atoms with Crippen molar-refractivity contribution in [2.45, 2.75) is 19.4 Å². The van der Waals surface area contributed by atoms with Gasteiger partial charge in [-0.1, -0.05) is 5.16 Å². The van der Waals surface area contributed by atoms with Crippen LogP contribution in [0.25, 0.3) is 5.52 Å². The fraction of sp³-hybridized carbons (Fsp3) is 0.263. The Bertz CT molecular complexity index is 1390. The van der Waals surface area contributed by atoms with E-state index >= 15 is 0 Å². The molecule has 0 aromatic carbocycles. The molecule has 1 aliphatic heterocycles. The summed E-state index contributed by atoms with van der Waals surface area (Å²) in [6, 6.07) is 2.73. The molecule has 1 fully saturated rings. The Balaban J connectivity index is 1.21. The summed E-state index contributed by atoms with van der Waals surface area (Å²) in [6.45, 7) is 2.64. The first-order valence-electron chi connectivity index (χ1n) is 9.41. The van der Waals surface area contributed by atoms with E-state index in [9.17, 15) is 9.18 Å². The summed E-state index contributed by atoms with van der Waals surface area (Å²) in [7, 11) is 0. The average molecular weight is 406 g/mol. The first kappa shape index (κ1) is 17.0. The molecule has 0 saturated heterocycles. The van der Waals surface area contributed by atoms with Crippen LogP contribution in [0, 0.1) is 18.7 Å². The van der Waals surface area contributed by atoms with E-state index in [-0.39, 0.29) is 29.8 Å². The van der Waals surface area contributed by atoms with Crippen molar-refractivity contribution in [2.24, 2.45) is 5.92 Å². The molecule has 0 radical (unpaired) electrons. The molecule has 0 spiro atoms. The number of fused-ring (bicyclic) bond motifs is 2. The van der Waals surface area contributed by atoms with Crippen LogP contribution in [0.4, 0.5) is 10.2 Å². The normalized spacial score (nSPS) is 19.9. The molecule has 1 saturated carbocycles. The van der Waals surface area contributed by atoms with E-state index in [1.807, 2.05) is 18.0 Å². The van der Waals surface area contributed by atoms with Gasteiger partial charge in [0.25, 0.3) is 5.56 Å². The van der Waals surface area contributed by atoms with E-state index in [0.717, 1.165) is 5.56 Å². The molecule has 2 aliphatic rings. The maximum Gasteiger partial charge on any atom is 0.280 e. The average Bonchev–Trinajstić information content (AvgIpc) is 3.16. The monoisotopic (exact) mass is 406 g/mol. The smallest absolute Gasteiger partial charge is 0.280 e. The minimum absolute atomic E-state index is 0.0849. The molecule has 0 amide bonds. The summed E-state index contributed by atoms with van der Waals surface area (Å²) in [5.74, 6) is 1.55. The molecule has 0 unspecified atom stereocenters. The van der Waals surface area contributed by atoms with Crippen molar-refractivity contribution >= 4 is 11.3 Å². The van der Waals surface area contributed by atoms with Crippen molar-refractivity contribution in [3.63, 3.8) is 0 Å². The highest BCUT2D eigenvalue weighted by Gasteiger charge is 2.52. The highest BCUT2D eigenvalue weighted by molar-refractivity contribution is 5.56. The maximum atomic E-state index is 13.4. The van der Waals surface area contributed by atoms with Gasteiger partial charge >= 0.3 is 0 Å².